The van der Waals surface area contributed by atoms with Crippen molar-refractivity contribution in [1.82, 2.24) is 4.57 Å². The van der Waals surface area contributed by atoms with Gasteiger partial charge in [0.1, 0.15) is 0 Å². The summed E-state index contributed by atoms with van der Waals surface area (Å²) in [5.74, 6) is 0.478. The van der Waals surface area contributed by atoms with E-state index in [4.69, 9.17) is 0 Å². The maximum Gasteiger partial charge on any atom is 0.270 e. The monoisotopic (exact) mass is 401 g/mol. The number of nitrogens with zero attached hydrogens (tertiary/aromatic N) is 3. The fourth-order valence-corrected chi connectivity index (χ4v) is 4.60. The van der Waals surface area contributed by atoms with E-state index in [1.54, 1.807) is 17.8 Å². The highest BCUT2D eigenvalue weighted by molar-refractivity contribution is 7.99. The molecule has 0 aliphatic carbocycles. The lowest BCUT2D eigenvalue weighted by atomic mass is 10.2. The summed E-state index contributed by atoms with van der Waals surface area (Å²) in [5, 5.41) is 11.0. The summed E-state index contributed by atoms with van der Waals surface area (Å²) in [6.45, 7) is 4.64. The summed E-state index contributed by atoms with van der Waals surface area (Å²) in [5.41, 5.74) is 2.10. The second-order valence-electron chi connectivity index (χ2n) is 5.96. The molecule has 0 bridgehead atoms. The Labute approximate surface area is 164 Å². The summed E-state index contributed by atoms with van der Waals surface area (Å²) >= 11 is 2.93. The van der Waals surface area contributed by atoms with Crippen molar-refractivity contribution in [3.8, 4) is 0 Å². The molecule has 1 heterocycles. The number of aryl methyl sites for hydroxylation is 2. The summed E-state index contributed by atoms with van der Waals surface area (Å²) in [6, 6.07) is 12.9. The van der Waals surface area contributed by atoms with E-state index < -0.39 is 4.92 Å². The fourth-order valence-electron chi connectivity index (χ4n) is 2.62. The fraction of sp³-hybridized carbons (Fsp3) is 0.263. The molecule has 0 spiro atoms. The third kappa shape index (κ3) is 4.64. The zero-order valence-corrected chi connectivity index (χ0v) is 16.7. The second-order valence-corrected chi connectivity index (χ2v) is 8.13. The van der Waals surface area contributed by atoms with Crippen LogP contribution in [0.15, 0.2) is 52.4 Å². The van der Waals surface area contributed by atoms with E-state index in [1.807, 2.05) is 30.5 Å². The van der Waals surface area contributed by atoms with Crippen LogP contribution in [0.5, 0.6) is 0 Å². The third-order valence-corrected chi connectivity index (χ3v) is 6.07. The minimum atomic E-state index is -0.417. The van der Waals surface area contributed by atoms with Crippen molar-refractivity contribution >= 4 is 44.9 Å². The van der Waals surface area contributed by atoms with E-state index in [2.05, 4.69) is 17.1 Å². The van der Waals surface area contributed by atoms with Crippen LogP contribution in [0.1, 0.15) is 18.9 Å². The highest BCUT2D eigenvalue weighted by Crippen LogP contribution is 2.23. The Kier molecular flexibility index (Phi) is 6.08. The zero-order valence-electron chi connectivity index (χ0n) is 15.0. The van der Waals surface area contributed by atoms with Crippen LogP contribution < -0.4 is 4.80 Å². The predicted octanol–water partition coefficient (Wildman–Crippen LogP) is 4.55. The minimum Gasteiger partial charge on any atom is -0.317 e. The van der Waals surface area contributed by atoms with Gasteiger partial charge in [0.15, 0.2) is 4.80 Å². The van der Waals surface area contributed by atoms with Gasteiger partial charge in [-0.15, -0.1) is 11.8 Å². The molecular formula is C19H19N3O3S2. The van der Waals surface area contributed by atoms with Gasteiger partial charge in [-0.1, -0.05) is 29.0 Å². The van der Waals surface area contributed by atoms with Crippen LogP contribution in [0.25, 0.3) is 10.2 Å². The number of benzene rings is 2. The number of fused-ring (bicyclic) bond motifs is 1. The van der Waals surface area contributed by atoms with Gasteiger partial charge in [-0.2, -0.15) is 4.99 Å². The Morgan fingerprint density at radius 1 is 1.26 bits per heavy atom. The molecule has 0 saturated carbocycles. The lowest BCUT2D eigenvalue weighted by molar-refractivity contribution is -0.384. The van der Waals surface area contributed by atoms with Crippen molar-refractivity contribution < 1.29 is 9.72 Å². The van der Waals surface area contributed by atoms with Crippen LogP contribution in [0.4, 0.5) is 5.69 Å². The van der Waals surface area contributed by atoms with E-state index in [0.29, 0.717) is 23.5 Å². The molecule has 3 aromatic rings. The Balaban J connectivity index is 1.76. The molecule has 27 heavy (non-hydrogen) atoms. The first kappa shape index (κ1) is 19.3. The van der Waals surface area contributed by atoms with Crippen molar-refractivity contribution in [3.05, 3.63) is 62.9 Å². The Morgan fingerprint density at radius 2 is 2.00 bits per heavy atom. The highest BCUT2D eigenvalue weighted by Gasteiger charge is 2.12. The predicted molar refractivity (Wildman–Crippen MR) is 109 cm³/mol. The molecule has 1 amide bonds. The largest absolute Gasteiger partial charge is 0.317 e. The lowest BCUT2D eigenvalue weighted by Gasteiger charge is -2.01. The number of carbonyl (C=O) groups is 1. The van der Waals surface area contributed by atoms with Crippen molar-refractivity contribution in [2.75, 3.05) is 5.75 Å². The molecule has 6 nitrogen and oxygen atoms in total. The van der Waals surface area contributed by atoms with E-state index in [9.17, 15) is 14.9 Å². The molecule has 0 N–H and O–H groups in total. The third-order valence-electron chi connectivity index (χ3n) is 4.02. The normalized spacial score (nSPS) is 11.9. The second kappa shape index (κ2) is 8.49. The number of rotatable bonds is 6. The molecule has 2 aromatic carbocycles. The Hall–Kier alpha value is -2.45. The maximum atomic E-state index is 12.3. The van der Waals surface area contributed by atoms with Gasteiger partial charge in [-0.3, -0.25) is 14.9 Å². The number of nitro benzene ring substituents is 1. The molecular weight excluding hydrogens is 382 g/mol. The quantitative estimate of drug-likeness (QED) is 0.345. The minimum absolute atomic E-state index is 0.0411. The number of aromatic nitrogens is 1. The SMILES string of the molecule is CCn1c(=NC(=O)CCSc2ccc(C)cc2)sc2cc([N+](=O)[O-])ccc21. The van der Waals surface area contributed by atoms with Crippen LogP contribution in [-0.4, -0.2) is 21.2 Å². The number of amides is 1. The molecule has 0 fully saturated rings. The molecule has 3 rings (SSSR count). The van der Waals surface area contributed by atoms with Crippen molar-refractivity contribution in [3.63, 3.8) is 0 Å². The number of carbonyl (C=O) groups excluding carboxylic acids is 1. The van der Waals surface area contributed by atoms with Crippen LogP contribution in [0.2, 0.25) is 0 Å². The van der Waals surface area contributed by atoms with Gasteiger partial charge >= 0.3 is 0 Å². The van der Waals surface area contributed by atoms with Crippen molar-refractivity contribution in [2.45, 2.75) is 31.7 Å². The van der Waals surface area contributed by atoms with Crippen LogP contribution in [-0.2, 0) is 11.3 Å². The zero-order chi connectivity index (χ0) is 19.4. The number of hydrogen-bond acceptors (Lipinski definition) is 5. The smallest absolute Gasteiger partial charge is 0.270 e. The maximum absolute atomic E-state index is 12.3. The molecule has 0 saturated heterocycles. The number of non-ortho nitro benzene ring substituents is 1. The summed E-state index contributed by atoms with van der Waals surface area (Å²) < 4.78 is 2.67. The summed E-state index contributed by atoms with van der Waals surface area (Å²) in [6.07, 6.45) is 0.344. The molecule has 0 aliphatic rings. The molecule has 8 heteroatoms. The van der Waals surface area contributed by atoms with Crippen molar-refractivity contribution in [2.24, 2.45) is 4.99 Å². The van der Waals surface area contributed by atoms with Gasteiger partial charge in [0.25, 0.3) is 5.69 Å². The van der Waals surface area contributed by atoms with Gasteiger partial charge in [0.2, 0.25) is 5.91 Å². The van der Waals surface area contributed by atoms with Gasteiger partial charge < -0.3 is 4.57 Å². The van der Waals surface area contributed by atoms with Crippen LogP contribution in [0, 0.1) is 17.0 Å². The van der Waals surface area contributed by atoms with Gasteiger partial charge in [0, 0.05) is 35.7 Å². The summed E-state index contributed by atoms with van der Waals surface area (Å²) in [4.78, 5) is 28.8. The van der Waals surface area contributed by atoms with E-state index in [0.717, 1.165) is 15.1 Å². The average molecular weight is 402 g/mol. The van der Waals surface area contributed by atoms with E-state index in [-0.39, 0.29) is 11.6 Å². The highest BCUT2D eigenvalue weighted by atomic mass is 32.2. The molecule has 1 aromatic heterocycles. The lowest BCUT2D eigenvalue weighted by Crippen LogP contribution is -2.15. The first-order valence-corrected chi connectivity index (χ1v) is 10.3. The van der Waals surface area contributed by atoms with Crippen molar-refractivity contribution in [1.29, 1.82) is 0 Å². The van der Waals surface area contributed by atoms with E-state index in [1.165, 1.54) is 29.0 Å². The standard InChI is InChI=1S/C19H19N3O3S2/c1-3-21-16-9-6-14(22(24)25)12-17(16)27-19(21)20-18(23)10-11-26-15-7-4-13(2)5-8-15/h4-9,12H,3,10-11H2,1-2H3. The van der Waals surface area contributed by atoms with Gasteiger partial charge in [0.05, 0.1) is 15.1 Å². The first-order chi connectivity index (χ1) is 13.0. The number of hydrogen-bond donors (Lipinski definition) is 0. The molecule has 140 valence electrons. The van der Waals surface area contributed by atoms with E-state index >= 15 is 0 Å². The van der Waals surface area contributed by atoms with Crippen LogP contribution >= 0.6 is 23.1 Å². The van der Waals surface area contributed by atoms with Crippen LogP contribution in [0.3, 0.4) is 0 Å². The Bertz CT molecular complexity index is 1050. The van der Waals surface area contributed by atoms with Gasteiger partial charge in [-0.05, 0) is 32.0 Å². The molecule has 0 atom stereocenters. The number of nitro groups is 1. The molecule has 0 unspecified atom stereocenters. The average Bonchev–Trinajstić information content (AvgIpc) is 2.99. The number of thioether (sulfide) groups is 1. The first-order valence-electron chi connectivity index (χ1n) is 8.52. The summed E-state index contributed by atoms with van der Waals surface area (Å²) in [7, 11) is 0. The number of thiazole rings is 1. The molecule has 0 radical (unpaired) electrons. The van der Waals surface area contributed by atoms with Gasteiger partial charge in [-0.25, -0.2) is 0 Å². The molecule has 0 aliphatic heterocycles. The topological polar surface area (TPSA) is 77.5 Å². The Morgan fingerprint density at radius 3 is 2.67 bits per heavy atom.